The van der Waals surface area contributed by atoms with Gasteiger partial charge in [0.05, 0.1) is 0 Å². The Morgan fingerprint density at radius 2 is 0.312 bits per heavy atom. The van der Waals surface area contributed by atoms with Crippen molar-refractivity contribution < 1.29 is 0 Å². The first-order valence-corrected chi connectivity index (χ1v) is 27.2. The van der Waals surface area contributed by atoms with E-state index >= 15 is 0 Å². The number of para-hydroxylation sites is 5. The molecule has 8 nitrogen and oxygen atoms in total. The molecule has 0 fully saturated rings. The molecule has 0 saturated heterocycles. The fourth-order valence-electron chi connectivity index (χ4n) is 12.7. The number of H-pyrrole nitrogens is 5. The Morgan fingerprint density at radius 3 is 0.525 bits per heavy atom. The molecule has 0 spiro atoms. The van der Waals surface area contributed by atoms with Crippen LogP contribution in [-0.4, -0.2) is 24.9 Å². The van der Waals surface area contributed by atoms with Gasteiger partial charge in [-0.1, -0.05) is 91.0 Å². The average Bonchev–Trinajstić information content (AvgIpc) is 4.47. The molecule has 0 unspecified atom stereocenters. The van der Waals surface area contributed by atoms with Gasteiger partial charge in [-0.15, -0.1) is 0 Å². The Bertz CT molecular complexity index is 4780. The van der Waals surface area contributed by atoms with E-state index in [1.54, 1.807) is 0 Å². The summed E-state index contributed by atoms with van der Waals surface area (Å²) in [5, 5.41) is 11.9. The van der Waals surface area contributed by atoms with Gasteiger partial charge < -0.3 is 39.6 Å². The van der Waals surface area contributed by atoms with Crippen molar-refractivity contribution in [1.29, 1.82) is 0 Å². The molecule has 12 aromatic carbocycles. The molecule has 0 aliphatic rings. The van der Waals surface area contributed by atoms with Crippen molar-refractivity contribution >= 4 is 160 Å². The lowest BCUT2D eigenvalue weighted by atomic mass is 10.1. The van der Waals surface area contributed by atoms with Crippen LogP contribution in [-0.2, 0) is 0 Å². The van der Waals surface area contributed by atoms with Gasteiger partial charge in [-0.05, 0) is 170 Å². The first-order valence-electron chi connectivity index (χ1n) is 27.2. The Morgan fingerprint density at radius 1 is 0.150 bits per heavy atom. The standard InChI is InChI=1S/C72H48N8/c1-6-16-63-53(11-1)58-39-48(29-34-68(58)73-63)78(44-21-25-46(26-22-44)79(49-30-35-69-59(40-49)54-12-2-7-17-64(54)74-69)50-31-36-70-60(41-50)55-13-3-8-18-65(55)75-70)45-23-27-47(28-24-45)80(51-32-37-71-61(42-51)56-14-4-9-19-66(56)76-71)52-33-38-72-62(43-52)57-15-5-10-20-67(57)77-72/h1-43,73-77H. The molecule has 0 bridgehead atoms. The number of hydrogen-bond donors (Lipinski definition) is 5. The lowest BCUT2D eigenvalue weighted by molar-refractivity contribution is 1.25. The Labute approximate surface area is 458 Å². The van der Waals surface area contributed by atoms with Crippen LogP contribution in [0.3, 0.4) is 0 Å². The van der Waals surface area contributed by atoms with Crippen molar-refractivity contribution in [3.8, 4) is 0 Å². The second-order valence-corrected chi connectivity index (χ2v) is 21.0. The van der Waals surface area contributed by atoms with Gasteiger partial charge in [0.25, 0.3) is 0 Å². The van der Waals surface area contributed by atoms with E-state index in [1.807, 2.05) is 0 Å². The van der Waals surface area contributed by atoms with E-state index in [0.29, 0.717) is 0 Å². The number of benzene rings is 12. The van der Waals surface area contributed by atoms with Crippen LogP contribution >= 0.6 is 0 Å². The molecule has 17 rings (SSSR count). The van der Waals surface area contributed by atoms with Crippen molar-refractivity contribution in [1.82, 2.24) is 24.9 Å². The van der Waals surface area contributed by atoms with Gasteiger partial charge in [0.15, 0.2) is 0 Å². The third kappa shape index (κ3) is 6.95. The van der Waals surface area contributed by atoms with Gasteiger partial charge in [0.1, 0.15) is 0 Å². The third-order valence-electron chi connectivity index (χ3n) is 16.5. The summed E-state index contributed by atoms with van der Waals surface area (Å²) in [4.78, 5) is 25.4. The van der Waals surface area contributed by atoms with Gasteiger partial charge in [0.2, 0.25) is 0 Å². The highest BCUT2D eigenvalue weighted by Gasteiger charge is 2.22. The number of aromatic nitrogens is 5. The lowest BCUT2D eigenvalue weighted by Gasteiger charge is -2.29. The third-order valence-corrected chi connectivity index (χ3v) is 16.5. The van der Waals surface area contributed by atoms with Gasteiger partial charge in [-0.3, -0.25) is 0 Å². The van der Waals surface area contributed by atoms with Crippen LogP contribution in [0.15, 0.2) is 261 Å². The molecular weight excluding hydrogens is 977 g/mol. The Kier molecular flexibility index (Phi) is 9.54. The number of nitrogens with zero attached hydrogens (tertiary/aromatic N) is 3. The van der Waals surface area contributed by atoms with Crippen molar-refractivity contribution in [3.05, 3.63) is 261 Å². The molecule has 376 valence electrons. The van der Waals surface area contributed by atoms with E-state index in [9.17, 15) is 0 Å². The Balaban J connectivity index is 0.820. The highest BCUT2D eigenvalue weighted by molar-refractivity contribution is 6.13. The number of hydrogen-bond acceptors (Lipinski definition) is 3. The van der Waals surface area contributed by atoms with Crippen LogP contribution in [0.4, 0.5) is 51.2 Å². The molecule has 17 aromatic rings. The van der Waals surface area contributed by atoms with Gasteiger partial charge in [0, 0.05) is 160 Å². The maximum atomic E-state index is 3.66. The minimum absolute atomic E-state index is 1.03. The second-order valence-electron chi connectivity index (χ2n) is 21.0. The number of rotatable bonds is 9. The molecule has 8 heteroatoms. The van der Waals surface area contributed by atoms with Gasteiger partial charge in [-0.25, -0.2) is 0 Å². The van der Waals surface area contributed by atoms with E-state index in [-0.39, 0.29) is 0 Å². The van der Waals surface area contributed by atoms with Crippen LogP contribution < -0.4 is 14.7 Å². The molecule has 5 aromatic heterocycles. The second kappa shape index (κ2) is 17.3. The summed E-state index contributed by atoms with van der Waals surface area (Å²) in [5.74, 6) is 0. The average molecular weight is 1030 g/mol. The summed E-state index contributed by atoms with van der Waals surface area (Å²) in [7, 11) is 0. The fraction of sp³-hybridized carbons (Fsp3) is 0. The number of nitrogens with one attached hydrogen (secondary N) is 5. The molecule has 0 amide bonds. The summed E-state index contributed by atoms with van der Waals surface area (Å²) in [6.45, 7) is 0. The molecule has 0 aliphatic carbocycles. The SMILES string of the molecule is c1ccc2c(c1)[nH]c1ccc(N(c3ccc(N(c4ccc5[nH]c6ccccc6c5c4)c4ccc5[nH]c6ccccc6c5c4)cc3)c3ccc(N(c4ccc5[nH]c6ccccc6c5c4)c4ccc5[nH]c6ccccc6c5c4)cc3)cc12. The summed E-state index contributed by atoms with van der Waals surface area (Å²) in [6.07, 6.45) is 0. The molecule has 5 N–H and O–H groups in total. The molecule has 0 aliphatic heterocycles. The van der Waals surface area contributed by atoms with Gasteiger partial charge >= 0.3 is 0 Å². The van der Waals surface area contributed by atoms with Crippen molar-refractivity contribution in [2.45, 2.75) is 0 Å². The van der Waals surface area contributed by atoms with Crippen LogP contribution in [0.25, 0.3) is 109 Å². The molecule has 5 heterocycles. The van der Waals surface area contributed by atoms with Crippen LogP contribution in [0.5, 0.6) is 0 Å². The van der Waals surface area contributed by atoms with Crippen LogP contribution in [0.1, 0.15) is 0 Å². The Hall–Kier alpha value is -11.0. The summed E-state index contributed by atoms with van der Waals surface area (Å²) in [6, 6.07) is 94.8. The number of aromatic amines is 5. The van der Waals surface area contributed by atoms with Crippen molar-refractivity contribution in [2.75, 3.05) is 14.7 Å². The monoisotopic (exact) mass is 1020 g/mol. The van der Waals surface area contributed by atoms with Crippen LogP contribution in [0.2, 0.25) is 0 Å². The first kappa shape index (κ1) is 44.2. The van der Waals surface area contributed by atoms with E-state index in [0.717, 1.165) is 106 Å². The number of fused-ring (bicyclic) bond motifs is 15. The zero-order chi connectivity index (χ0) is 52.4. The molecule has 0 radical (unpaired) electrons. The highest BCUT2D eigenvalue weighted by Crippen LogP contribution is 2.46. The summed E-state index contributed by atoms with van der Waals surface area (Å²) in [5.41, 5.74) is 20.7. The topological polar surface area (TPSA) is 88.7 Å². The highest BCUT2D eigenvalue weighted by atomic mass is 15.2. The molecular formula is C72H48N8. The smallest absolute Gasteiger partial charge is 0.0469 e. The van der Waals surface area contributed by atoms with Gasteiger partial charge in [-0.2, -0.15) is 0 Å². The first-order chi connectivity index (χ1) is 39.6. The minimum atomic E-state index is 1.03. The minimum Gasteiger partial charge on any atom is -0.355 e. The van der Waals surface area contributed by atoms with E-state index < -0.39 is 0 Å². The maximum Gasteiger partial charge on any atom is 0.0469 e. The van der Waals surface area contributed by atoms with E-state index in [1.165, 1.54) is 53.9 Å². The molecule has 0 saturated carbocycles. The predicted octanol–water partition coefficient (Wildman–Crippen LogP) is 20.3. The van der Waals surface area contributed by atoms with Crippen LogP contribution in [0, 0.1) is 0 Å². The zero-order valence-corrected chi connectivity index (χ0v) is 43.2. The van der Waals surface area contributed by atoms with Crippen molar-refractivity contribution in [3.63, 3.8) is 0 Å². The zero-order valence-electron chi connectivity index (χ0n) is 43.2. The van der Waals surface area contributed by atoms with E-state index in [2.05, 4.69) is 300 Å². The normalized spacial score (nSPS) is 12.0. The molecule has 0 atom stereocenters. The lowest BCUT2D eigenvalue weighted by Crippen LogP contribution is -2.13. The number of anilines is 9. The van der Waals surface area contributed by atoms with E-state index in [4.69, 9.17) is 0 Å². The maximum absolute atomic E-state index is 3.66. The fourth-order valence-corrected chi connectivity index (χ4v) is 12.7. The predicted molar refractivity (Wildman–Crippen MR) is 337 cm³/mol. The quantitative estimate of drug-likeness (QED) is 0.0998. The molecule has 80 heavy (non-hydrogen) atoms. The van der Waals surface area contributed by atoms with Crippen molar-refractivity contribution in [2.24, 2.45) is 0 Å². The summed E-state index contributed by atoms with van der Waals surface area (Å²) >= 11 is 0. The summed E-state index contributed by atoms with van der Waals surface area (Å²) < 4.78 is 0. The largest absolute Gasteiger partial charge is 0.355 e.